The monoisotopic (exact) mass is 277 g/mol. The Hall–Kier alpha value is -0.800. The minimum absolute atomic E-state index is 0.452. The predicted molar refractivity (Wildman–Crippen MR) is 79.4 cm³/mol. The molecule has 0 radical (unpaired) electrons. The van der Waals surface area contributed by atoms with E-state index >= 15 is 0 Å². The van der Waals surface area contributed by atoms with E-state index in [9.17, 15) is 0 Å². The van der Waals surface area contributed by atoms with Crippen LogP contribution in [0.15, 0.2) is 16.7 Å². The first-order valence-corrected chi connectivity index (χ1v) is 8.25. The maximum absolute atomic E-state index is 6.13. The molecular formula is C17H27NO2. The molecule has 1 aromatic rings. The van der Waals surface area contributed by atoms with E-state index in [1.807, 2.05) is 0 Å². The second-order valence-electron chi connectivity index (χ2n) is 6.40. The Labute approximate surface area is 122 Å². The number of hydrogen-bond acceptors (Lipinski definition) is 3. The van der Waals surface area contributed by atoms with Gasteiger partial charge >= 0.3 is 0 Å². The largest absolute Gasteiger partial charge is 0.468 e. The molecule has 0 saturated heterocycles. The summed E-state index contributed by atoms with van der Waals surface area (Å²) in [7, 11) is 0. The van der Waals surface area contributed by atoms with Gasteiger partial charge in [-0.25, -0.2) is 0 Å². The molecule has 0 aliphatic heterocycles. The minimum atomic E-state index is 0.452. The Morgan fingerprint density at radius 1 is 1.30 bits per heavy atom. The summed E-state index contributed by atoms with van der Waals surface area (Å²) in [5.41, 5.74) is 1.22. The van der Waals surface area contributed by atoms with Crippen molar-refractivity contribution < 1.29 is 9.15 Å². The van der Waals surface area contributed by atoms with Gasteiger partial charge in [-0.15, -0.1) is 0 Å². The van der Waals surface area contributed by atoms with Crippen LogP contribution in [0.25, 0.3) is 0 Å². The lowest BCUT2D eigenvalue weighted by atomic mass is 9.85. The van der Waals surface area contributed by atoms with Gasteiger partial charge in [-0.3, -0.25) is 0 Å². The Morgan fingerprint density at radius 2 is 2.20 bits per heavy atom. The fourth-order valence-electron chi connectivity index (χ4n) is 3.15. The normalized spacial score (nSPS) is 26.9. The van der Waals surface area contributed by atoms with E-state index in [4.69, 9.17) is 9.15 Å². The average Bonchev–Trinajstić information content (AvgIpc) is 3.21. The average molecular weight is 277 g/mol. The quantitative estimate of drug-likeness (QED) is 0.817. The lowest BCUT2D eigenvalue weighted by Crippen LogP contribution is -2.22. The topological polar surface area (TPSA) is 34.4 Å². The van der Waals surface area contributed by atoms with Crippen molar-refractivity contribution in [1.82, 2.24) is 5.32 Å². The molecule has 1 heterocycles. The van der Waals surface area contributed by atoms with Gasteiger partial charge in [0.25, 0.3) is 0 Å². The van der Waals surface area contributed by atoms with E-state index < -0.39 is 0 Å². The molecule has 2 atom stereocenters. The molecule has 0 aromatic carbocycles. The molecule has 1 aromatic heterocycles. The van der Waals surface area contributed by atoms with Crippen LogP contribution in [0.3, 0.4) is 0 Å². The van der Waals surface area contributed by atoms with Crippen LogP contribution >= 0.6 is 0 Å². The molecule has 112 valence electrons. The van der Waals surface area contributed by atoms with Crippen LogP contribution in [0.4, 0.5) is 0 Å². The van der Waals surface area contributed by atoms with Crippen LogP contribution in [0, 0.1) is 5.92 Å². The standard InChI is InChI=1S/C17H27NO2/c1-2-13-4-3-5-16(10-13)20-12-14-8-9-19-17(14)11-18-15-6-7-15/h8-9,13,15-16,18H,2-7,10-12H2,1H3. The smallest absolute Gasteiger partial charge is 0.123 e. The summed E-state index contributed by atoms with van der Waals surface area (Å²) in [5.74, 6) is 1.92. The molecule has 3 nitrogen and oxygen atoms in total. The number of hydrogen-bond donors (Lipinski definition) is 1. The van der Waals surface area contributed by atoms with Crippen LogP contribution in [0.2, 0.25) is 0 Å². The van der Waals surface area contributed by atoms with Crippen molar-refractivity contribution in [3.05, 3.63) is 23.7 Å². The first kappa shape index (κ1) is 14.2. The first-order valence-electron chi connectivity index (χ1n) is 8.25. The van der Waals surface area contributed by atoms with Crippen molar-refractivity contribution in [3.63, 3.8) is 0 Å². The van der Waals surface area contributed by atoms with Crippen LogP contribution in [-0.4, -0.2) is 12.1 Å². The molecule has 0 amide bonds. The zero-order valence-electron chi connectivity index (χ0n) is 12.6. The highest BCUT2D eigenvalue weighted by atomic mass is 16.5. The van der Waals surface area contributed by atoms with Crippen molar-refractivity contribution >= 4 is 0 Å². The molecule has 3 rings (SSSR count). The Kier molecular flexibility index (Phi) is 4.79. The molecule has 2 aliphatic rings. The SMILES string of the molecule is CCC1CCCC(OCc2ccoc2CNC2CC2)C1. The molecule has 0 bridgehead atoms. The van der Waals surface area contributed by atoms with Crippen molar-refractivity contribution in [1.29, 1.82) is 0 Å². The van der Waals surface area contributed by atoms with Crippen LogP contribution in [0.5, 0.6) is 0 Å². The van der Waals surface area contributed by atoms with Crippen molar-refractivity contribution in [2.45, 2.75) is 77.2 Å². The summed E-state index contributed by atoms with van der Waals surface area (Å²) in [4.78, 5) is 0. The van der Waals surface area contributed by atoms with E-state index in [0.29, 0.717) is 12.7 Å². The molecule has 3 heteroatoms. The second-order valence-corrected chi connectivity index (χ2v) is 6.40. The Morgan fingerprint density at radius 3 is 3.00 bits per heavy atom. The first-order chi connectivity index (χ1) is 9.85. The Balaban J connectivity index is 1.46. The fraction of sp³-hybridized carbons (Fsp3) is 0.765. The van der Waals surface area contributed by atoms with Crippen LogP contribution in [0.1, 0.15) is 63.2 Å². The van der Waals surface area contributed by atoms with E-state index in [0.717, 1.165) is 24.3 Å². The van der Waals surface area contributed by atoms with E-state index in [-0.39, 0.29) is 0 Å². The zero-order valence-corrected chi connectivity index (χ0v) is 12.6. The summed E-state index contributed by atoms with van der Waals surface area (Å²) in [6.45, 7) is 3.85. The van der Waals surface area contributed by atoms with Gasteiger partial charge in [0.2, 0.25) is 0 Å². The van der Waals surface area contributed by atoms with Gasteiger partial charge in [0.1, 0.15) is 5.76 Å². The van der Waals surface area contributed by atoms with Crippen molar-refractivity contribution in [2.75, 3.05) is 0 Å². The molecule has 1 N–H and O–H groups in total. The van der Waals surface area contributed by atoms with Gasteiger partial charge in [0.15, 0.2) is 0 Å². The van der Waals surface area contributed by atoms with E-state index in [1.165, 1.54) is 50.5 Å². The van der Waals surface area contributed by atoms with Crippen LogP contribution in [-0.2, 0) is 17.9 Å². The summed E-state index contributed by atoms with van der Waals surface area (Å²) in [5, 5.41) is 3.50. The van der Waals surface area contributed by atoms with Gasteiger partial charge in [0.05, 0.1) is 25.5 Å². The molecule has 2 unspecified atom stereocenters. The second kappa shape index (κ2) is 6.77. The van der Waals surface area contributed by atoms with Crippen molar-refractivity contribution in [3.8, 4) is 0 Å². The fourth-order valence-corrected chi connectivity index (χ4v) is 3.15. The van der Waals surface area contributed by atoms with Gasteiger partial charge in [-0.05, 0) is 37.7 Å². The number of furan rings is 1. The summed E-state index contributed by atoms with van der Waals surface area (Å²) in [6, 6.07) is 2.78. The maximum atomic E-state index is 6.13. The third-order valence-corrected chi connectivity index (χ3v) is 4.75. The Bertz CT molecular complexity index is 411. The number of ether oxygens (including phenoxy) is 1. The van der Waals surface area contributed by atoms with Gasteiger partial charge in [-0.2, -0.15) is 0 Å². The van der Waals surface area contributed by atoms with E-state index in [1.54, 1.807) is 6.26 Å². The van der Waals surface area contributed by atoms with Gasteiger partial charge in [-0.1, -0.05) is 26.2 Å². The van der Waals surface area contributed by atoms with Gasteiger partial charge in [0, 0.05) is 11.6 Å². The summed E-state index contributed by atoms with van der Waals surface area (Å²) < 4.78 is 11.7. The highest BCUT2D eigenvalue weighted by Gasteiger charge is 2.23. The molecule has 2 aliphatic carbocycles. The van der Waals surface area contributed by atoms with Gasteiger partial charge < -0.3 is 14.5 Å². The third kappa shape index (κ3) is 3.86. The summed E-state index contributed by atoms with van der Waals surface area (Å²) >= 11 is 0. The zero-order chi connectivity index (χ0) is 13.8. The third-order valence-electron chi connectivity index (χ3n) is 4.75. The molecular weight excluding hydrogens is 250 g/mol. The maximum Gasteiger partial charge on any atom is 0.123 e. The minimum Gasteiger partial charge on any atom is -0.468 e. The highest BCUT2D eigenvalue weighted by Crippen LogP contribution is 2.29. The summed E-state index contributed by atoms with van der Waals surface area (Å²) in [6.07, 6.45) is 11.3. The van der Waals surface area contributed by atoms with Crippen LogP contribution < -0.4 is 5.32 Å². The molecule has 2 fully saturated rings. The highest BCUT2D eigenvalue weighted by molar-refractivity contribution is 5.16. The van der Waals surface area contributed by atoms with Crippen molar-refractivity contribution in [2.24, 2.45) is 5.92 Å². The molecule has 0 spiro atoms. The molecule has 2 saturated carbocycles. The van der Waals surface area contributed by atoms with E-state index in [2.05, 4.69) is 18.3 Å². The molecule has 20 heavy (non-hydrogen) atoms. The number of nitrogens with one attached hydrogen (secondary N) is 1. The number of rotatable bonds is 7. The lowest BCUT2D eigenvalue weighted by molar-refractivity contribution is 0.00118. The lowest BCUT2D eigenvalue weighted by Gasteiger charge is -2.28. The predicted octanol–water partition coefficient (Wildman–Crippen LogP) is 4.02.